The number of esters is 1. The summed E-state index contributed by atoms with van der Waals surface area (Å²) in [6.45, 7) is 5.40. The molecule has 11 nitrogen and oxygen atoms in total. The Kier molecular flexibility index (Phi) is 9.76. The summed E-state index contributed by atoms with van der Waals surface area (Å²) < 4.78 is 14.9. The zero-order valence-corrected chi connectivity index (χ0v) is 19.6. The Morgan fingerprint density at radius 2 is 1.67 bits per heavy atom. The van der Waals surface area contributed by atoms with E-state index >= 15 is 0 Å². The molecule has 182 valence electrons. The van der Waals surface area contributed by atoms with E-state index in [-0.39, 0.29) is 37.2 Å². The second kappa shape index (κ2) is 12.3. The normalized spacial score (nSPS) is 22.2. The molecule has 2 N–H and O–H groups in total. The van der Waals surface area contributed by atoms with Crippen molar-refractivity contribution in [2.75, 3.05) is 27.2 Å². The number of rotatable bonds is 8. The highest BCUT2D eigenvalue weighted by atomic mass is 16.6. The number of nitrogens with one attached hydrogen (secondary N) is 2. The first-order chi connectivity index (χ1) is 15.7. The van der Waals surface area contributed by atoms with Crippen LogP contribution in [0, 0.1) is 0 Å². The fourth-order valence-electron chi connectivity index (χ4n) is 2.90. The molecule has 0 spiro atoms. The Bertz CT molecular complexity index is 829. The van der Waals surface area contributed by atoms with E-state index in [0.717, 1.165) is 5.56 Å². The van der Waals surface area contributed by atoms with E-state index in [2.05, 4.69) is 10.9 Å². The van der Waals surface area contributed by atoms with Crippen LogP contribution in [0.4, 0.5) is 0 Å². The van der Waals surface area contributed by atoms with Gasteiger partial charge in [-0.3, -0.25) is 29.8 Å². The fourth-order valence-corrected chi connectivity index (χ4v) is 2.90. The number of hydrazine groups is 2. The molecule has 2 fully saturated rings. The van der Waals surface area contributed by atoms with Crippen molar-refractivity contribution < 1.29 is 33.4 Å². The number of carbonyl (C=O) groups excluding carboxylic acids is 4. The van der Waals surface area contributed by atoms with Crippen LogP contribution < -0.4 is 10.9 Å². The van der Waals surface area contributed by atoms with E-state index in [4.69, 9.17) is 14.2 Å². The van der Waals surface area contributed by atoms with E-state index in [1.165, 1.54) is 16.9 Å². The summed E-state index contributed by atoms with van der Waals surface area (Å²) in [6.07, 6.45) is -1.31. The third-order valence-corrected chi connectivity index (χ3v) is 4.90. The van der Waals surface area contributed by atoms with Crippen LogP contribution in [0.5, 0.6) is 0 Å². The van der Waals surface area contributed by atoms with Crippen LogP contribution in [-0.4, -0.2) is 85.4 Å². The van der Waals surface area contributed by atoms with Gasteiger partial charge in [0.15, 0.2) is 18.3 Å². The molecule has 0 saturated carbocycles. The summed E-state index contributed by atoms with van der Waals surface area (Å²) in [5, 5.41) is 2.62. The largest absolute Gasteiger partial charge is 0.464 e. The molecule has 2 aliphatic heterocycles. The van der Waals surface area contributed by atoms with Crippen LogP contribution in [0.1, 0.15) is 26.3 Å². The van der Waals surface area contributed by atoms with Gasteiger partial charge in [0.05, 0.1) is 12.7 Å². The summed E-state index contributed by atoms with van der Waals surface area (Å²) in [4.78, 5) is 46.3. The van der Waals surface area contributed by atoms with Gasteiger partial charge >= 0.3 is 5.97 Å². The lowest BCUT2D eigenvalue weighted by Gasteiger charge is -2.22. The molecule has 2 saturated heterocycles. The van der Waals surface area contributed by atoms with E-state index in [1.807, 2.05) is 37.3 Å². The molecular formula is C22H32N4O7. The van der Waals surface area contributed by atoms with Gasteiger partial charge in [0.2, 0.25) is 5.91 Å². The summed E-state index contributed by atoms with van der Waals surface area (Å²) in [7, 11) is 3.38. The zero-order chi connectivity index (χ0) is 24.5. The van der Waals surface area contributed by atoms with Crippen molar-refractivity contribution in [1.82, 2.24) is 20.9 Å². The van der Waals surface area contributed by atoms with Crippen LogP contribution in [0.15, 0.2) is 30.3 Å². The number of nitrogens with zero attached hydrogens (tertiary/aromatic N) is 2. The number of benzene rings is 1. The molecule has 3 amide bonds. The monoisotopic (exact) mass is 464 g/mol. The number of epoxide rings is 2. The molecular weight excluding hydrogens is 432 g/mol. The molecule has 2 aliphatic rings. The van der Waals surface area contributed by atoms with Gasteiger partial charge in [-0.05, 0) is 25.8 Å². The van der Waals surface area contributed by atoms with Gasteiger partial charge in [0.1, 0.15) is 0 Å². The highest BCUT2D eigenvalue weighted by molar-refractivity contribution is 5.93. The van der Waals surface area contributed by atoms with Crippen molar-refractivity contribution in [3.63, 3.8) is 0 Å². The highest BCUT2D eigenvalue weighted by Crippen LogP contribution is 2.25. The maximum Gasteiger partial charge on any atom is 0.338 e. The highest BCUT2D eigenvalue weighted by Gasteiger charge is 2.53. The lowest BCUT2D eigenvalue weighted by molar-refractivity contribution is -0.145. The lowest BCUT2D eigenvalue weighted by atomic mass is 10.1. The molecule has 2 heterocycles. The molecule has 1 aromatic carbocycles. The molecule has 4 atom stereocenters. The van der Waals surface area contributed by atoms with E-state index in [9.17, 15) is 19.2 Å². The standard InChI is InChI=1S/C16H20N2O5.C6H12N2O2/c1-3-22-16(21)14-13(23-14)15(20)18(17-11(2)19)10-9-12-7-5-4-6-8-12;1-4-5(10-4)6(9)8(3)7-2/h4-8,13-14H,3,9-10H2,1-2H3,(H,17,19);4-5,7H,1-3H3/t13-,14-;/m1./s1. The van der Waals surface area contributed by atoms with Crippen LogP contribution in [0.3, 0.4) is 0 Å². The van der Waals surface area contributed by atoms with E-state index < -0.39 is 24.1 Å². The van der Waals surface area contributed by atoms with E-state index in [1.54, 1.807) is 21.0 Å². The average Bonchev–Trinajstić information content (AvgIpc) is 3.72. The van der Waals surface area contributed by atoms with Crippen molar-refractivity contribution >= 4 is 23.7 Å². The number of ether oxygens (including phenoxy) is 3. The first kappa shape index (κ1) is 26.2. The number of carbonyl (C=O) groups is 4. The minimum atomic E-state index is -0.892. The number of likely N-dealkylation sites (N-methyl/N-ethyl adjacent to an activating group) is 1. The first-order valence-electron chi connectivity index (χ1n) is 10.7. The van der Waals surface area contributed by atoms with Gasteiger partial charge < -0.3 is 14.2 Å². The number of amides is 3. The van der Waals surface area contributed by atoms with E-state index in [0.29, 0.717) is 6.42 Å². The summed E-state index contributed by atoms with van der Waals surface area (Å²) >= 11 is 0. The van der Waals surface area contributed by atoms with Crippen LogP contribution in [0.25, 0.3) is 0 Å². The second-order valence-corrected chi connectivity index (χ2v) is 7.51. The Labute approximate surface area is 193 Å². The fraction of sp³-hybridized carbons (Fsp3) is 0.545. The molecule has 0 aliphatic carbocycles. The second-order valence-electron chi connectivity index (χ2n) is 7.51. The van der Waals surface area contributed by atoms with Gasteiger partial charge in [-0.2, -0.15) is 0 Å². The Morgan fingerprint density at radius 3 is 2.18 bits per heavy atom. The lowest BCUT2D eigenvalue weighted by Crippen LogP contribution is -2.48. The average molecular weight is 465 g/mol. The number of hydrogen-bond acceptors (Lipinski definition) is 8. The maximum absolute atomic E-state index is 12.4. The van der Waals surface area contributed by atoms with Crippen molar-refractivity contribution in [3.05, 3.63) is 35.9 Å². The topological polar surface area (TPSA) is 133 Å². The molecule has 1 aromatic rings. The Hall–Kier alpha value is -3.02. The smallest absolute Gasteiger partial charge is 0.338 e. The molecule has 11 heteroatoms. The number of hydrogen-bond donors (Lipinski definition) is 2. The summed E-state index contributed by atoms with van der Waals surface area (Å²) in [6, 6.07) is 9.58. The van der Waals surface area contributed by atoms with Gasteiger partial charge in [-0.1, -0.05) is 30.3 Å². The molecule has 0 bridgehead atoms. The Morgan fingerprint density at radius 1 is 1.03 bits per heavy atom. The predicted molar refractivity (Wildman–Crippen MR) is 117 cm³/mol. The quantitative estimate of drug-likeness (QED) is 0.307. The SMILES string of the molecule is CCOC(=O)[C@@H]1O[C@H]1C(=O)N(CCc1ccccc1)NC(C)=O.CNN(C)C(=O)C1OC1C. The van der Waals surface area contributed by atoms with Gasteiger partial charge in [0.25, 0.3) is 11.8 Å². The van der Waals surface area contributed by atoms with Crippen LogP contribution in [0.2, 0.25) is 0 Å². The van der Waals surface area contributed by atoms with Crippen LogP contribution in [-0.2, 0) is 39.8 Å². The molecule has 2 unspecified atom stereocenters. The first-order valence-corrected chi connectivity index (χ1v) is 10.7. The predicted octanol–water partition coefficient (Wildman–Crippen LogP) is -0.194. The third-order valence-electron chi connectivity index (χ3n) is 4.90. The molecule has 0 aromatic heterocycles. The summed E-state index contributed by atoms with van der Waals surface area (Å²) in [5.74, 6) is -1.37. The maximum atomic E-state index is 12.4. The van der Waals surface area contributed by atoms with Crippen molar-refractivity contribution in [3.8, 4) is 0 Å². The molecule has 33 heavy (non-hydrogen) atoms. The molecule has 3 rings (SSSR count). The summed E-state index contributed by atoms with van der Waals surface area (Å²) in [5.41, 5.74) is 6.22. The zero-order valence-electron chi connectivity index (χ0n) is 19.6. The van der Waals surface area contributed by atoms with Crippen molar-refractivity contribution in [2.45, 2.75) is 51.6 Å². The minimum absolute atomic E-state index is 0.00463. The van der Waals surface area contributed by atoms with Gasteiger partial charge in [-0.25, -0.2) is 10.2 Å². The third kappa shape index (κ3) is 8.12. The van der Waals surface area contributed by atoms with Gasteiger partial charge in [-0.15, -0.1) is 0 Å². The Balaban J connectivity index is 0.000000321. The van der Waals surface area contributed by atoms with Crippen LogP contribution >= 0.6 is 0 Å². The minimum Gasteiger partial charge on any atom is -0.464 e. The van der Waals surface area contributed by atoms with Gasteiger partial charge in [0, 0.05) is 27.6 Å². The molecule has 0 radical (unpaired) electrons. The van der Waals surface area contributed by atoms with Crippen molar-refractivity contribution in [1.29, 1.82) is 0 Å². The van der Waals surface area contributed by atoms with Crippen molar-refractivity contribution in [2.24, 2.45) is 0 Å².